The van der Waals surface area contributed by atoms with E-state index in [4.69, 9.17) is 4.74 Å². The molecule has 2 rings (SSSR count). The van der Waals surface area contributed by atoms with Gasteiger partial charge in [-0.2, -0.15) is 0 Å². The summed E-state index contributed by atoms with van der Waals surface area (Å²) in [5.74, 6) is 1.93. The van der Waals surface area contributed by atoms with Crippen molar-refractivity contribution in [1.29, 1.82) is 0 Å². The summed E-state index contributed by atoms with van der Waals surface area (Å²) in [5, 5.41) is 3.67. The Morgan fingerprint density at radius 1 is 1.14 bits per heavy atom. The Balaban J connectivity index is 1.78. The quantitative estimate of drug-likeness (QED) is 0.754. The third-order valence-corrected chi connectivity index (χ3v) is 4.46. The van der Waals surface area contributed by atoms with Crippen molar-refractivity contribution in [3.05, 3.63) is 29.8 Å². The van der Waals surface area contributed by atoms with Gasteiger partial charge in [-0.05, 0) is 57.4 Å². The topological polar surface area (TPSA) is 21.3 Å². The molecule has 2 nitrogen and oxygen atoms in total. The molecular weight excluding hydrogens is 258 g/mol. The standard InChI is InChI=1S/C19H31NO/c1-15(2)21-19-11-7-10-18(14-19)16(3)20-13-12-17-8-5-4-6-9-17/h7,10-11,14-17,20H,4-6,8-9,12-13H2,1-3H3. The number of nitrogens with one attached hydrogen (secondary N) is 1. The first-order chi connectivity index (χ1) is 10.1. The van der Waals surface area contributed by atoms with Gasteiger partial charge < -0.3 is 10.1 Å². The van der Waals surface area contributed by atoms with Crippen LogP contribution in [0.25, 0.3) is 0 Å². The van der Waals surface area contributed by atoms with Gasteiger partial charge in [0.15, 0.2) is 0 Å². The lowest BCUT2D eigenvalue weighted by Crippen LogP contribution is -2.22. The van der Waals surface area contributed by atoms with Gasteiger partial charge in [0.1, 0.15) is 5.75 Å². The summed E-state index contributed by atoms with van der Waals surface area (Å²) in [6, 6.07) is 8.87. The molecule has 0 amide bonds. The fraction of sp³-hybridized carbons (Fsp3) is 0.684. The number of hydrogen-bond acceptors (Lipinski definition) is 2. The van der Waals surface area contributed by atoms with E-state index in [0.29, 0.717) is 6.04 Å². The molecule has 0 bridgehead atoms. The summed E-state index contributed by atoms with van der Waals surface area (Å²) in [6.07, 6.45) is 8.76. The van der Waals surface area contributed by atoms with Gasteiger partial charge in [-0.25, -0.2) is 0 Å². The zero-order chi connectivity index (χ0) is 15.1. The summed E-state index contributed by atoms with van der Waals surface area (Å²) in [6.45, 7) is 7.51. The molecule has 0 radical (unpaired) electrons. The van der Waals surface area contributed by atoms with E-state index in [-0.39, 0.29) is 6.10 Å². The van der Waals surface area contributed by atoms with E-state index < -0.39 is 0 Å². The van der Waals surface area contributed by atoms with Crippen molar-refractivity contribution < 1.29 is 4.74 Å². The second kappa shape index (κ2) is 8.43. The fourth-order valence-corrected chi connectivity index (χ4v) is 3.23. The van der Waals surface area contributed by atoms with E-state index in [2.05, 4.69) is 44.3 Å². The molecule has 1 atom stereocenters. The van der Waals surface area contributed by atoms with Crippen LogP contribution in [0.15, 0.2) is 24.3 Å². The van der Waals surface area contributed by atoms with Crippen molar-refractivity contribution in [3.8, 4) is 5.75 Å². The van der Waals surface area contributed by atoms with Gasteiger partial charge in [0.25, 0.3) is 0 Å². The van der Waals surface area contributed by atoms with Crippen LogP contribution in [0.1, 0.15) is 70.9 Å². The molecule has 1 aromatic carbocycles. The van der Waals surface area contributed by atoms with Crippen LogP contribution in [-0.4, -0.2) is 12.6 Å². The molecule has 1 aromatic rings. The third-order valence-electron chi connectivity index (χ3n) is 4.46. The molecular formula is C19H31NO. The van der Waals surface area contributed by atoms with Gasteiger partial charge in [0, 0.05) is 6.04 Å². The van der Waals surface area contributed by atoms with Crippen molar-refractivity contribution in [1.82, 2.24) is 5.32 Å². The zero-order valence-corrected chi connectivity index (χ0v) is 13.9. The predicted octanol–water partition coefficient (Wildman–Crippen LogP) is 5.09. The van der Waals surface area contributed by atoms with Crippen LogP contribution >= 0.6 is 0 Å². The fourth-order valence-electron chi connectivity index (χ4n) is 3.23. The van der Waals surface area contributed by atoms with Gasteiger partial charge in [-0.3, -0.25) is 0 Å². The summed E-state index contributed by atoms with van der Waals surface area (Å²) in [7, 11) is 0. The van der Waals surface area contributed by atoms with Gasteiger partial charge in [-0.15, -0.1) is 0 Å². The average molecular weight is 289 g/mol. The van der Waals surface area contributed by atoms with E-state index in [9.17, 15) is 0 Å². The van der Waals surface area contributed by atoms with Crippen molar-refractivity contribution in [2.45, 2.75) is 71.4 Å². The molecule has 0 aromatic heterocycles. The van der Waals surface area contributed by atoms with Crippen molar-refractivity contribution in [2.24, 2.45) is 5.92 Å². The van der Waals surface area contributed by atoms with E-state index >= 15 is 0 Å². The minimum absolute atomic E-state index is 0.231. The lowest BCUT2D eigenvalue weighted by Gasteiger charge is -2.23. The third kappa shape index (κ3) is 5.70. The van der Waals surface area contributed by atoms with Crippen LogP contribution in [-0.2, 0) is 0 Å². The van der Waals surface area contributed by atoms with Gasteiger partial charge in [-0.1, -0.05) is 44.2 Å². The highest BCUT2D eigenvalue weighted by Gasteiger charge is 2.13. The maximum Gasteiger partial charge on any atom is 0.120 e. The highest BCUT2D eigenvalue weighted by Crippen LogP contribution is 2.26. The predicted molar refractivity (Wildman–Crippen MR) is 89.8 cm³/mol. The van der Waals surface area contributed by atoms with Crippen LogP contribution in [0.3, 0.4) is 0 Å². The molecule has 0 aliphatic heterocycles. The van der Waals surface area contributed by atoms with Gasteiger partial charge in [0.2, 0.25) is 0 Å². The van der Waals surface area contributed by atoms with Crippen LogP contribution in [0, 0.1) is 5.92 Å². The number of rotatable bonds is 7. The Morgan fingerprint density at radius 2 is 1.90 bits per heavy atom. The van der Waals surface area contributed by atoms with Gasteiger partial charge >= 0.3 is 0 Å². The van der Waals surface area contributed by atoms with Crippen LogP contribution in [0.2, 0.25) is 0 Å². The lowest BCUT2D eigenvalue weighted by atomic mass is 9.87. The zero-order valence-electron chi connectivity index (χ0n) is 13.9. The second-order valence-electron chi connectivity index (χ2n) is 6.71. The second-order valence-corrected chi connectivity index (χ2v) is 6.71. The number of ether oxygens (including phenoxy) is 1. The van der Waals surface area contributed by atoms with E-state index in [1.165, 1.54) is 44.1 Å². The van der Waals surface area contributed by atoms with E-state index in [0.717, 1.165) is 18.2 Å². The molecule has 0 heterocycles. The molecule has 1 N–H and O–H groups in total. The Hall–Kier alpha value is -1.02. The van der Waals surface area contributed by atoms with Crippen LogP contribution in [0.4, 0.5) is 0 Å². The smallest absolute Gasteiger partial charge is 0.120 e. The summed E-state index contributed by atoms with van der Waals surface area (Å²) >= 11 is 0. The van der Waals surface area contributed by atoms with Crippen LogP contribution in [0.5, 0.6) is 5.75 Å². The summed E-state index contributed by atoms with van der Waals surface area (Å²) in [4.78, 5) is 0. The Labute approximate surface area is 130 Å². The normalized spacial score (nSPS) is 17.9. The molecule has 1 aliphatic carbocycles. The highest BCUT2D eigenvalue weighted by molar-refractivity contribution is 5.30. The number of benzene rings is 1. The molecule has 2 heteroatoms. The van der Waals surface area contributed by atoms with E-state index in [1.54, 1.807) is 0 Å². The number of hydrogen-bond donors (Lipinski definition) is 1. The molecule has 1 aliphatic rings. The van der Waals surface area contributed by atoms with Crippen molar-refractivity contribution in [3.63, 3.8) is 0 Å². The Morgan fingerprint density at radius 3 is 2.62 bits per heavy atom. The molecule has 1 saturated carbocycles. The molecule has 0 saturated heterocycles. The summed E-state index contributed by atoms with van der Waals surface area (Å²) in [5.41, 5.74) is 1.32. The molecule has 1 unspecified atom stereocenters. The van der Waals surface area contributed by atoms with E-state index in [1.807, 2.05) is 6.07 Å². The Bertz CT molecular complexity index is 410. The Kier molecular flexibility index (Phi) is 6.56. The monoisotopic (exact) mass is 289 g/mol. The minimum atomic E-state index is 0.231. The lowest BCUT2D eigenvalue weighted by molar-refractivity contribution is 0.242. The molecule has 21 heavy (non-hydrogen) atoms. The highest BCUT2D eigenvalue weighted by atomic mass is 16.5. The molecule has 0 spiro atoms. The van der Waals surface area contributed by atoms with Crippen molar-refractivity contribution >= 4 is 0 Å². The summed E-state index contributed by atoms with van der Waals surface area (Å²) < 4.78 is 5.78. The molecule has 118 valence electrons. The van der Waals surface area contributed by atoms with Gasteiger partial charge in [0.05, 0.1) is 6.10 Å². The SMILES string of the molecule is CC(C)Oc1cccc(C(C)NCCC2CCCCC2)c1. The maximum atomic E-state index is 5.78. The largest absolute Gasteiger partial charge is 0.491 e. The first-order valence-corrected chi connectivity index (χ1v) is 8.65. The average Bonchev–Trinajstić information content (AvgIpc) is 2.48. The first kappa shape index (κ1) is 16.4. The first-order valence-electron chi connectivity index (χ1n) is 8.65. The molecule has 1 fully saturated rings. The minimum Gasteiger partial charge on any atom is -0.491 e. The van der Waals surface area contributed by atoms with Crippen molar-refractivity contribution in [2.75, 3.05) is 6.54 Å². The maximum absolute atomic E-state index is 5.78. The van der Waals surface area contributed by atoms with Crippen LogP contribution < -0.4 is 10.1 Å².